The van der Waals surface area contributed by atoms with Gasteiger partial charge >= 0.3 is 0 Å². The van der Waals surface area contributed by atoms with Crippen molar-refractivity contribution in [2.45, 2.75) is 36.9 Å². The van der Waals surface area contributed by atoms with Crippen LogP contribution >= 0.6 is 23.4 Å². The minimum atomic E-state index is -0.0560. The number of nitrogens with one attached hydrogen (secondary N) is 2. The first kappa shape index (κ1) is 15.4. The number of amides is 1. The zero-order valence-electron chi connectivity index (χ0n) is 12.2. The van der Waals surface area contributed by atoms with E-state index in [0.717, 1.165) is 11.4 Å². The van der Waals surface area contributed by atoms with Gasteiger partial charge in [0.15, 0.2) is 0 Å². The molecule has 1 amide bonds. The number of aromatic nitrogens is 3. The molecule has 1 aliphatic rings. The predicted molar refractivity (Wildman–Crippen MR) is 87.1 cm³/mol. The molecular weight excluding hydrogens is 320 g/mol. The number of carbonyl (C=O) groups is 1. The van der Waals surface area contributed by atoms with Gasteiger partial charge in [0.1, 0.15) is 5.82 Å². The smallest absolute Gasteiger partial charge is 0.230 e. The zero-order chi connectivity index (χ0) is 15.5. The number of halogens is 1. The molecule has 7 heteroatoms. The van der Waals surface area contributed by atoms with E-state index >= 15 is 0 Å². The molecule has 116 valence electrons. The van der Waals surface area contributed by atoms with Crippen LogP contribution in [0.5, 0.6) is 0 Å². The van der Waals surface area contributed by atoms with Gasteiger partial charge < -0.3 is 5.32 Å². The van der Waals surface area contributed by atoms with Crippen LogP contribution in [0.4, 0.5) is 0 Å². The topological polar surface area (TPSA) is 70.7 Å². The van der Waals surface area contributed by atoms with Crippen LogP contribution in [0.2, 0.25) is 5.02 Å². The van der Waals surface area contributed by atoms with Gasteiger partial charge in [-0.25, -0.2) is 4.98 Å². The van der Waals surface area contributed by atoms with Crippen LogP contribution in [-0.2, 0) is 4.79 Å². The molecule has 0 radical (unpaired) electrons. The van der Waals surface area contributed by atoms with Crippen LogP contribution in [0.15, 0.2) is 29.4 Å². The lowest BCUT2D eigenvalue weighted by atomic mass is 10.1. The van der Waals surface area contributed by atoms with E-state index in [1.54, 1.807) is 0 Å². The Morgan fingerprint density at radius 2 is 2.18 bits per heavy atom. The first-order valence-electron chi connectivity index (χ1n) is 7.22. The molecule has 0 bridgehead atoms. The quantitative estimate of drug-likeness (QED) is 0.794. The number of aromatic amines is 1. The van der Waals surface area contributed by atoms with Gasteiger partial charge in [0, 0.05) is 10.9 Å². The summed E-state index contributed by atoms with van der Waals surface area (Å²) in [6, 6.07) is 7.41. The van der Waals surface area contributed by atoms with Gasteiger partial charge in [0.05, 0.1) is 11.8 Å². The highest BCUT2D eigenvalue weighted by Crippen LogP contribution is 2.38. The van der Waals surface area contributed by atoms with Crippen LogP contribution < -0.4 is 5.32 Å². The number of hydrogen-bond donors (Lipinski definition) is 2. The summed E-state index contributed by atoms with van der Waals surface area (Å²) in [5.74, 6) is 1.75. The normalized spacial score (nSPS) is 15.5. The van der Waals surface area contributed by atoms with E-state index < -0.39 is 0 Å². The molecule has 0 saturated heterocycles. The minimum absolute atomic E-state index is 0.0368. The van der Waals surface area contributed by atoms with E-state index in [9.17, 15) is 4.79 Å². The van der Waals surface area contributed by atoms with Crippen molar-refractivity contribution >= 4 is 29.3 Å². The minimum Gasteiger partial charge on any atom is -0.349 e. The van der Waals surface area contributed by atoms with Crippen molar-refractivity contribution in [2.75, 3.05) is 5.75 Å². The number of benzene rings is 1. The van der Waals surface area contributed by atoms with E-state index in [-0.39, 0.29) is 11.9 Å². The summed E-state index contributed by atoms with van der Waals surface area (Å²) < 4.78 is 0. The van der Waals surface area contributed by atoms with Crippen molar-refractivity contribution in [1.82, 2.24) is 20.5 Å². The Balaban J connectivity index is 1.47. The van der Waals surface area contributed by atoms with E-state index in [2.05, 4.69) is 20.5 Å². The van der Waals surface area contributed by atoms with Crippen LogP contribution in [-0.4, -0.2) is 26.8 Å². The Labute approximate surface area is 138 Å². The molecule has 1 fully saturated rings. The zero-order valence-corrected chi connectivity index (χ0v) is 13.7. The summed E-state index contributed by atoms with van der Waals surface area (Å²) in [7, 11) is 0. The number of thioether (sulfide) groups is 1. The van der Waals surface area contributed by atoms with Gasteiger partial charge in [-0.3, -0.25) is 9.89 Å². The molecule has 5 nitrogen and oxygen atoms in total. The Hall–Kier alpha value is -1.53. The van der Waals surface area contributed by atoms with Crippen molar-refractivity contribution in [3.8, 4) is 0 Å². The molecule has 2 aromatic rings. The van der Waals surface area contributed by atoms with Crippen molar-refractivity contribution in [2.24, 2.45) is 0 Å². The predicted octanol–water partition coefficient (Wildman–Crippen LogP) is 3.31. The summed E-state index contributed by atoms with van der Waals surface area (Å²) in [5, 5.41) is 11.3. The van der Waals surface area contributed by atoms with E-state index in [1.807, 2.05) is 31.2 Å². The Kier molecular flexibility index (Phi) is 4.69. The molecule has 1 unspecified atom stereocenters. The largest absolute Gasteiger partial charge is 0.349 e. The molecule has 1 aliphatic carbocycles. The molecule has 3 rings (SSSR count). The number of rotatable bonds is 6. The summed E-state index contributed by atoms with van der Waals surface area (Å²) in [6.45, 7) is 1.95. The highest BCUT2D eigenvalue weighted by atomic mass is 35.5. The van der Waals surface area contributed by atoms with E-state index in [4.69, 9.17) is 11.6 Å². The van der Waals surface area contributed by atoms with E-state index in [0.29, 0.717) is 21.8 Å². The average Bonchev–Trinajstić information content (AvgIpc) is 3.25. The van der Waals surface area contributed by atoms with Crippen molar-refractivity contribution in [1.29, 1.82) is 0 Å². The maximum Gasteiger partial charge on any atom is 0.230 e. The van der Waals surface area contributed by atoms with Gasteiger partial charge in [0.2, 0.25) is 11.1 Å². The van der Waals surface area contributed by atoms with Crippen LogP contribution in [0.3, 0.4) is 0 Å². The maximum absolute atomic E-state index is 12.0. The number of carbonyl (C=O) groups excluding carboxylic acids is 1. The highest BCUT2D eigenvalue weighted by molar-refractivity contribution is 7.99. The molecule has 1 heterocycles. The fourth-order valence-electron chi connectivity index (χ4n) is 2.11. The maximum atomic E-state index is 12.0. The Morgan fingerprint density at radius 3 is 2.86 bits per heavy atom. The SMILES string of the molecule is CC(NC(=O)CSc1n[nH]c(C2CC2)n1)c1ccc(Cl)cc1. The monoisotopic (exact) mass is 336 g/mol. The van der Waals surface area contributed by atoms with Crippen LogP contribution in [0.1, 0.15) is 43.1 Å². The van der Waals surface area contributed by atoms with Crippen molar-refractivity contribution in [3.05, 3.63) is 40.7 Å². The third-order valence-electron chi connectivity index (χ3n) is 3.53. The van der Waals surface area contributed by atoms with Gasteiger partial charge in [0.25, 0.3) is 0 Å². The second-order valence-electron chi connectivity index (χ2n) is 5.41. The second kappa shape index (κ2) is 6.71. The first-order chi connectivity index (χ1) is 10.6. The van der Waals surface area contributed by atoms with Crippen molar-refractivity contribution in [3.63, 3.8) is 0 Å². The lowest BCUT2D eigenvalue weighted by Gasteiger charge is -2.13. The molecule has 0 spiro atoms. The summed E-state index contributed by atoms with van der Waals surface area (Å²) in [5.41, 5.74) is 1.02. The molecule has 0 aliphatic heterocycles. The van der Waals surface area contributed by atoms with Crippen molar-refractivity contribution < 1.29 is 4.79 Å². The summed E-state index contributed by atoms with van der Waals surface area (Å²) in [6.07, 6.45) is 2.36. The summed E-state index contributed by atoms with van der Waals surface area (Å²) >= 11 is 7.21. The molecule has 1 aromatic carbocycles. The van der Waals surface area contributed by atoms with Crippen LogP contribution in [0.25, 0.3) is 0 Å². The lowest BCUT2D eigenvalue weighted by molar-refractivity contribution is -0.119. The van der Waals surface area contributed by atoms with Crippen LogP contribution in [0, 0.1) is 0 Å². The molecule has 1 atom stereocenters. The Morgan fingerprint density at radius 1 is 1.45 bits per heavy atom. The fraction of sp³-hybridized carbons (Fsp3) is 0.400. The van der Waals surface area contributed by atoms with Gasteiger partial charge in [-0.15, -0.1) is 5.10 Å². The fourth-order valence-corrected chi connectivity index (χ4v) is 2.85. The third kappa shape index (κ3) is 4.01. The average molecular weight is 337 g/mol. The molecule has 22 heavy (non-hydrogen) atoms. The highest BCUT2D eigenvalue weighted by Gasteiger charge is 2.27. The molecular formula is C15H17ClN4OS. The number of hydrogen-bond acceptors (Lipinski definition) is 4. The van der Waals surface area contributed by atoms with Gasteiger partial charge in [-0.05, 0) is 37.5 Å². The van der Waals surface area contributed by atoms with Gasteiger partial charge in [-0.1, -0.05) is 35.5 Å². The Bertz CT molecular complexity index is 654. The standard InChI is InChI=1S/C15H17ClN4OS/c1-9(10-4-6-12(16)7-5-10)17-13(21)8-22-15-18-14(19-20-15)11-2-3-11/h4-7,9,11H,2-3,8H2,1H3,(H,17,21)(H,18,19,20). The third-order valence-corrected chi connectivity index (χ3v) is 4.63. The number of H-pyrrole nitrogens is 1. The lowest BCUT2D eigenvalue weighted by Crippen LogP contribution is -2.28. The molecule has 1 saturated carbocycles. The number of nitrogens with zero attached hydrogens (tertiary/aromatic N) is 2. The molecule has 1 aromatic heterocycles. The summed E-state index contributed by atoms with van der Waals surface area (Å²) in [4.78, 5) is 16.4. The van der Waals surface area contributed by atoms with E-state index in [1.165, 1.54) is 24.6 Å². The second-order valence-corrected chi connectivity index (χ2v) is 6.79. The first-order valence-corrected chi connectivity index (χ1v) is 8.58. The van der Waals surface area contributed by atoms with Gasteiger partial charge in [-0.2, -0.15) is 0 Å². The molecule has 2 N–H and O–H groups in total.